The fourth-order valence-corrected chi connectivity index (χ4v) is 2.80. The highest BCUT2D eigenvalue weighted by molar-refractivity contribution is 8.00. The Hall–Kier alpha value is -0.220. The van der Waals surface area contributed by atoms with Crippen LogP contribution in [0.2, 0.25) is 0 Å². The molecule has 1 saturated heterocycles. The van der Waals surface area contributed by atoms with Crippen molar-refractivity contribution in [3.63, 3.8) is 0 Å². The first-order valence-electron chi connectivity index (χ1n) is 5.53. The molecule has 0 aromatic heterocycles. The summed E-state index contributed by atoms with van der Waals surface area (Å²) in [6, 6.07) is 0.321. The molecule has 2 atom stereocenters. The van der Waals surface area contributed by atoms with Crippen LogP contribution >= 0.6 is 11.8 Å². The second kappa shape index (κ2) is 4.74. The van der Waals surface area contributed by atoms with Crippen molar-refractivity contribution in [3.05, 3.63) is 0 Å². The molecule has 15 heavy (non-hydrogen) atoms. The summed E-state index contributed by atoms with van der Waals surface area (Å²) in [6.45, 7) is 9.43. The monoisotopic (exact) mass is 230 g/mol. The van der Waals surface area contributed by atoms with Gasteiger partial charge in [-0.3, -0.25) is 4.79 Å². The molecule has 1 heterocycles. The molecule has 2 unspecified atom stereocenters. The van der Waals surface area contributed by atoms with Crippen molar-refractivity contribution in [1.29, 1.82) is 0 Å². The molecule has 4 heteroatoms. The molecule has 0 aliphatic carbocycles. The summed E-state index contributed by atoms with van der Waals surface area (Å²) in [7, 11) is 0. The minimum absolute atomic E-state index is 0.199. The van der Waals surface area contributed by atoms with Crippen LogP contribution in [0.15, 0.2) is 0 Å². The van der Waals surface area contributed by atoms with Crippen molar-refractivity contribution in [1.82, 2.24) is 4.90 Å². The van der Waals surface area contributed by atoms with Gasteiger partial charge in [-0.05, 0) is 20.8 Å². The molecular formula is C11H22N2OS. The van der Waals surface area contributed by atoms with Gasteiger partial charge in [-0.2, -0.15) is 11.8 Å². The Morgan fingerprint density at radius 2 is 2.13 bits per heavy atom. The quantitative estimate of drug-likeness (QED) is 0.778. The van der Waals surface area contributed by atoms with Gasteiger partial charge in [-0.1, -0.05) is 6.92 Å². The second-order valence-corrected chi connectivity index (χ2v) is 6.39. The van der Waals surface area contributed by atoms with Crippen LogP contribution in [0, 0.1) is 5.41 Å². The highest BCUT2D eigenvalue weighted by Crippen LogP contribution is 2.28. The van der Waals surface area contributed by atoms with Gasteiger partial charge in [0, 0.05) is 30.1 Å². The van der Waals surface area contributed by atoms with Crippen molar-refractivity contribution in [2.24, 2.45) is 11.1 Å². The van der Waals surface area contributed by atoms with Crippen LogP contribution in [0.3, 0.4) is 0 Å². The number of carbonyl (C=O) groups is 1. The first-order chi connectivity index (χ1) is 6.90. The van der Waals surface area contributed by atoms with E-state index in [1.165, 1.54) is 0 Å². The van der Waals surface area contributed by atoms with E-state index in [0.29, 0.717) is 17.8 Å². The summed E-state index contributed by atoms with van der Waals surface area (Å²) < 4.78 is 0. The third-order valence-corrected chi connectivity index (χ3v) is 4.57. The smallest absolute Gasteiger partial charge is 0.229 e. The third kappa shape index (κ3) is 2.67. The summed E-state index contributed by atoms with van der Waals surface area (Å²) >= 11 is 1.94. The van der Waals surface area contributed by atoms with Gasteiger partial charge in [0.25, 0.3) is 0 Å². The first kappa shape index (κ1) is 12.8. The number of thioether (sulfide) groups is 1. The molecule has 3 nitrogen and oxygen atoms in total. The Morgan fingerprint density at radius 3 is 2.67 bits per heavy atom. The molecule has 1 amide bonds. The van der Waals surface area contributed by atoms with Gasteiger partial charge in [-0.25, -0.2) is 0 Å². The summed E-state index contributed by atoms with van der Waals surface area (Å²) in [5, 5.41) is 0.524. The van der Waals surface area contributed by atoms with Gasteiger partial charge in [0.15, 0.2) is 0 Å². The molecule has 1 aliphatic rings. The van der Waals surface area contributed by atoms with Crippen LogP contribution in [0.1, 0.15) is 27.7 Å². The Morgan fingerprint density at radius 1 is 1.53 bits per heavy atom. The van der Waals surface area contributed by atoms with E-state index < -0.39 is 5.41 Å². The summed E-state index contributed by atoms with van der Waals surface area (Å²) in [5.74, 6) is 1.24. The summed E-state index contributed by atoms with van der Waals surface area (Å²) in [4.78, 5) is 14.2. The van der Waals surface area contributed by atoms with Crippen LogP contribution in [0.4, 0.5) is 0 Å². The third-order valence-electron chi connectivity index (χ3n) is 3.23. The van der Waals surface area contributed by atoms with Gasteiger partial charge in [0.1, 0.15) is 0 Å². The number of nitrogens with zero attached hydrogens (tertiary/aromatic N) is 1. The standard InChI is InChI=1S/C11H22N2OS/c1-8-9(2)15-6-5-13(8)10(14)11(3,4)7-12/h8-9H,5-7,12H2,1-4H3. The first-order valence-corrected chi connectivity index (χ1v) is 6.58. The minimum atomic E-state index is -0.421. The van der Waals surface area contributed by atoms with Crippen LogP contribution in [0.5, 0.6) is 0 Å². The number of hydrogen-bond donors (Lipinski definition) is 1. The molecule has 1 fully saturated rings. The zero-order chi connectivity index (χ0) is 11.6. The van der Waals surface area contributed by atoms with E-state index in [9.17, 15) is 4.79 Å². The Balaban J connectivity index is 2.74. The zero-order valence-corrected chi connectivity index (χ0v) is 10.9. The predicted octanol–water partition coefficient (Wildman–Crippen LogP) is 1.32. The molecule has 88 valence electrons. The molecule has 1 rings (SSSR count). The second-order valence-electron chi connectivity index (χ2n) is 4.90. The molecule has 0 aromatic rings. The lowest BCUT2D eigenvalue weighted by atomic mass is 9.91. The van der Waals surface area contributed by atoms with Crippen molar-refractivity contribution < 1.29 is 4.79 Å². The lowest BCUT2D eigenvalue weighted by Crippen LogP contribution is -2.53. The normalized spacial score (nSPS) is 27.9. The molecule has 1 aliphatic heterocycles. The number of rotatable bonds is 2. The Labute approximate surface area is 96.8 Å². The Bertz CT molecular complexity index is 243. The van der Waals surface area contributed by atoms with E-state index in [1.54, 1.807) is 0 Å². The van der Waals surface area contributed by atoms with Crippen LogP contribution in [-0.4, -0.2) is 40.9 Å². The number of nitrogens with two attached hydrogens (primary N) is 1. The average Bonchev–Trinajstić information content (AvgIpc) is 2.21. The number of carbonyl (C=O) groups excluding carboxylic acids is 1. The van der Waals surface area contributed by atoms with E-state index in [1.807, 2.05) is 30.5 Å². The maximum atomic E-state index is 12.2. The van der Waals surface area contributed by atoms with Crippen LogP contribution < -0.4 is 5.73 Å². The average molecular weight is 230 g/mol. The van der Waals surface area contributed by atoms with Gasteiger partial charge in [-0.15, -0.1) is 0 Å². The van der Waals surface area contributed by atoms with E-state index >= 15 is 0 Å². The predicted molar refractivity (Wildman–Crippen MR) is 65.9 cm³/mol. The lowest BCUT2D eigenvalue weighted by molar-refractivity contribution is -0.141. The van der Waals surface area contributed by atoms with E-state index in [0.717, 1.165) is 12.3 Å². The lowest BCUT2D eigenvalue weighted by Gasteiger charge is -2.41. The zero-order valence-electron chi connectivity index (χ0n) is 10.1. The van der Waals surface area contributed by atoms with Crippen LogP contribution in [-0.2, 0) is 4.79 Å². The molecule has 2 N–H and O–H groups in total. The van der Waals surface area contributed by atoms with Crippen molar-refractivity contribution in [2.75, 3.05) is 18.8 Å². The van der Waals surface area contributed by atoms with Gasteiger partial charge in [0.05, 0.1) is 5.41 Å². The molecule has 0 spiro atoms. The van der Waals surface area contributed by atoms with Crippen molar-refractivity contribution in [2.45, 2.75) is 39.0 Å². The summed E-state index contributed by atoms with van der Waals surface area (Å²) in [6.07, 6.45) is 0. The highest BCUT2D eigenvalue weighted by Gasteiger charge is 2.36. The largest absolute Gasteiger partial charge is 0.338 e. The van der Waals surface area contributed by atoms with Gasteiger partial charge >= 0.3 is 0 Å². The molecule has 0 radical (unpaired) electrons. The molecule has 0 bridgehead atoms. The van der Waals surface area contributed by atoms with Crippen molar-refractivity contribution >= 4 is 17.7 Å². The molecule has 0 aromatic carbocycles. The number of hydrogen-bond acceptors (Lipinski definition) is 3. The fourth-order valence-electron chi connectivity index (χ4n) is 1.70. The van der Waals surface area contributed by atoms with E-state index in [-0.39, 0.29) is 5.91 Å². The highest BCUT2D eigenvalue weighted by atomic mass is 32.2. The fraction of sp³-hybridized carbons (Fsp3) is 0.909. The maximum absolute atomic E-state index is 12.2. The molecular weight excluding hydrogens is 208 g/mol. The van der Waals surface area contributed by atoms with Crippen LogP contribution in [0.25, 0.3) is 0 Å². The number of amides is 1. The van der Waals surface area contributed by atoms with Gasteiger partial charge < -0.3 is 10.6 Å². The maximum Gasteiger partial charge on any atom is 0.229 e. The summed E-state index contributed by atoms with van der Waals surface area (Å²) in [5.41, 5.74) is 5.22. The minimum Gasteiger partial charge on any atom is -0.338 e. The Kier molecular flexibility index (Phi) is 4.06. The SMILES string of the molecule is CC1SCCN(C(=O)C(C)(C)CN)C1C. The van der Waals surface area contributed by atoms with E-state index in [2.05, 4.69) is 13.8 Å². The molecule has 0 saturated carbocycles. The topological polar surface area (TPSA) is 46.3 Å². The van der Waals surface area contributed by atoms with Gasteiger partial charge in [0.2, 0.25) is 5.91 Å². The van der Waals surface area contributed by atoms with Crippen molar-refractivity contribution in [3.8, 4) is 0 Å². The van der Waals surface area contributed by atoms with E-state index in [4.69, 9.17) is 5.73 Å².